The summed E-state index contributed by atoms with van der Waals surface area (Å²) in [5.74, 6) is 0.485. The third kappa shape index (κ3) is 1.88. The fourth-order valence-electron chi connectivity index (χ4n) is 2.00. The lowest BCUT2D eigenvalue weighted by Gasteiger charge is -2.06. The zero-order chi connectivity index (χ0) is 12.4. The van der Waals surface area contributed by atoms with Crippen molar-refractivity contribution in [3.05, 3.63) is 60.2 Å². The Morgan fingerprint density at radius 2 is 1.72 bits per heavy atom. The topological polar surface area (TPSA) is 64.7 Å². The van der Waals surface area contributed by atoms with Gasteiger partial charge in [-0.15, -0.1) is 0 Å². The van der Waals surface area contributed by atoms with Crippen LogP contribution in [0.15, 0.2) is 48.9 Å². The van der Waals surface area contributed by atoms with Gasteiger partial charge in [0.05, 0.1) is 11.2 Å². The van der Waals surface area contributed by atoms with Crippen molar-refractivity contribution < 1.29 is 0 Å². The van der Waals surface area contributed by atoms with Gasteiger partial charge in [0.25, 0.3) is 0 Å². The Morgan fingerprint density at radius 3 is 2.61 bits per heavy atom. The van der Waals surface area contributed by atoms with E-state index >= 15 is 0 Å². The summed E-state index contributed by atoms with van der Waals surface area (Å²) < 4.78 is 0. The molecule has 4 nitrogen and oxygen atoms in total. The maximum Gasteiger partial charge on any atom is 0.145 e. The highest BCUT2D eigenvalue weighted by molar-refractivity contribution is 5.82. The van der Waals surface area contributed by atoms with Crippen molar-refractivity contribution in [1.82, 2.24) is 15.0 Å². The predicted molar refractivity (Wildman–Crippen MR) is 71.0 cm³/mol. The van der Waals surface area contributed by atoms with Gasteiger partial charge in [-0.2, -0.15) is 0 Å². The lowest BCUT2D eigenvalue weighted by Crippen LogP contribution is -2.01. The van der Waals surface area contributed by atoms with Crippen molar-refractivity contribution in [3.63, 3.8) is 0 Å². The zero-order valence-corrected chi connectivity index (χ0v) is 9.74. The van der Waals surface area contributed by atoms with Crippen LogP contribution >= 0.6 is 0 Å². The monoisotopic (exact) mass is 236 g/mol. The molecule has 1 aromatic carbocycles. The van der Waals surface area contributed by atoms with Crippen LogP contribution < -0.4 is 5.73 Å². The van der Waals surface area contributed by atoms with Gasteiger partial charge in [-0.3, -0.25) is 9.97 Å². The van der Waals surface area contributed by atoms with Gasteiger partial charge in [-0.25, -0.2) is 4.98 Å². The molecule has 4 heteroatoms. The highest BCUT2D eigenvalue weighted by atomic mass is 14.9. The van der Waals surface area contributed by atoms with Gasteiger partial charge >= 0.3 is 0 Å². The van der Waals surface area contributed by atoms with Crippen molar-refractivity contribution >= 4 is 16.7 Å². The molecule has 0 bridgehead atoms. The summed E-state index contributed by atoms with van der Waals surface area (Å²) in [6.45, 7) is 0. The quantitative estimate of drug-likeness (QED) is 0.740. The number of anilines is 1. The molecule has 0 aliphatic rings. The fraction of sp³-hybridized carbons (Fsp3) is 0.0714. The van der Waals surface area contributed by atoms with E-state index in [1.807, 2.05) is 30.5 Å². The standard InChI is InChI=1S/C14H12N4/c15-14-13(17-7-8-18-14)9-10-5-6-16-12-4-2-1-3-11(10)12/h1-8H,9H2,(H2,15,18). The second kappa shape index (κ2) is 4.41. The molecular formula is C14H12N4. The minimum absolute atomic E-state index is 0.485. The lowest BCUT2D eigenvalue weighted by atomic mass is 10.0. The molecule has 3 aromatic rings. The Hall–Kier alpha value is -2.49. The van der Waals surface area contributed by atoms with E-state index in [1.165, 1.54) is 0 Å². The molecule has 0 aliphatic carbocycles. The highest BCUT2D eigenvalue weighted by Gasteiger charge is 2.06. The number of para-hydroxylation sites is 1. The number of hydrogen-bond acceptors (Lipinski definition) is 4. The molecule has 2 aromatic heterocycles. The maximum atomic E-state index is 5.82. The number of nitrogens with zero attached hydrogens (tertiary/aromatic N) is 3. The molecule has 2 N–H and O–H groups in total. The summed E-state index contributed by atoms with van der Waals surface area (Å²) in [4.78, 5) is 12.7. The molecule has 88 valence electrons. The van der Waals surface area contributed by atoms with E-state index in [0.717, 1.165) is 22.2 Å². The number of aromatic nitrogens is 3. The number of fused-ring (bicyclic) bond motifs is 1. The SMILES string of the molecule is Nc1nccnc1Cc1ccnc2ccccc12. The third-order valence-electron chi connectivity index (χ3n) is 2.90. The molecule has 0 atom stereocenters. The zero-order valence-electron chi connectivity index (χ0n) is 9.74. The first kappa shape index (κ1) is 10.7. The molecule has 0 unspecified atom stereocenters. The predicted octanol–water partition coefficient (Wildman–Crippen LogP) is 2.20. The van der Waals surface area contributed by atoms with Crippen LogP contribution in [0.4, 0.5) is 5.82 Å². The summed E-state index contributed by atoms with van der Waals surface area (Å²) in [7, 11) is 0. The van der Waals surface area contributed by atoms with Gasteiger partial charge in [0.15, 0.2) is 0 Å². The van der Waals surface area contributed by atoms with Crippen LogP contribution in [-0.2, 0) is 6.42 Å². The first-order valence-corrected chi connectivity index (χ1v) is 5.72. The number of hydrogen-bond donors (Lipinski definition) is 1. The van der Waals surface area contributed by atoms with Crippen molar-refractivity contribution in [3.8, 4) is 0 Å². The van der Waals surface area contributed by atoms with E-state index in [1.54, 1.807) is 12.4 Å². The van der Waals surface area contributed by atoms with Gasteiger partial charge in [0.2, 0.25) is 0 Å². The summed E-state index contributed by atoms with van der Waals surface area (Å²) in [5, 5.41) is 1.13. The largest absolute Gasteiger partial charge is 0.382 e. The molecule has 3 rings (SSSR count). The van der Waals surface area contributed by atoms with Crippen LogP contribution in [-0.4, -0.2) is 15.0 Å². The van der Waals surface area contributed by atoms with Crippen LogP contribution in [0.3, 0.4) is 0 Å². The Labute approximate surface area is 105 Å². The Bertz CT molecular complexity index is 689. The third-order valence-corrected chi connectivity index (χ3v) is 2.90. The Morgan fingerprint density at radius 1 is 0.889 bits per heavy atom. The Balaban J connectivity index is 2.08. The summed E-state index contributed by atoms with van der Waals surface area (Å²) in [6.07, 6.45) is 5.74. The highest BCUT2D eigenvalue weighted by Crippen LogP contribution is 2.19. The Kier molecular flexibility index (Phi) is 2.61. The van der Waals surface area contributed by atoms with E-state index in [2.05, 4.69) is 21.0 Å². The average molecular weight is 236 g/mol. The number of pyridine rings is 1. The molecule has 0 spiro atoms. The molecule has 0 amide bonds. The fourth-order valence-corrected chi connectivity index (χ4v) is 2.00. The van der Waals surface area contributed by atoms with Crippen molar-refractivity contribution in [2.24, 2.45) is 0 Å². The van der Waals surface area contributed by atoms with Crippen molar-refractivity contribution in [1.29, 1.82) is 0 Å². The molecule has 0 fully saturated rings. The molecule has 0 radical (unpaired) electrons. The number of benzene rings is 1. The van der Waals surface area contributed by atoms with E-state index in [4.69, 9.17) is 5.73 Å². The number of rotatable bonds is 2. The molecule has 0 saturated heterocycles. The van der Waals surface area contributed by atoms with Crippen molar-refractivity contribution in [2.45, 2.75) is 6.42 Å². The van der Waals surface area contributed by atoms with Crippen LogP contribution in [0.5, 0.6) is 0 Å². The van der Waals surface area contributed by atoms with E-state index in [0.29, 0.717) is 12.2 Å². The normalized spacial score (nSPS) is 10.7. The first-order valence-electron chi connectivity index (χ1n) is 5.72. The average Bonchev–Trinajstić information content (AvgIpc) is 2.42. The lowest BCUT2D eigenvalue weighted by molar-refractivity contribution is 1.04. The van der Waals surface area contributed by atoms with Gasteiger partial charge in [-0.1, -0.05) is 18.2 Å². The van der Waals surface area contributed by atoms with Gasteiger partial charge in [-0.05, 0) is 17.7 Å². The maximum absolute atomic E-state index is 5.82. The van der Waals surface area contributed by atoms with Crippen LogP contribution in [0.2, 0.25) is 0 Å². The van der Waals surface area contributed by atoms with E-state index in [9.17, 15) is 0 Å². The number of nitrogens with two attached hydrogens (primary N) is 1. The minimum Gasteiger partial charge on any atom is -0.382 e. The van der Waals surface area contributed by atoms with E-state index < -0.39 is 0 Å². The molecule has 2 heterocycles. The van der Waals surface area contributed by atoms with E-state index in [-0.39, 0.29) is 0 Å². The molecule has 18 heavy (non-hydrogen) atoms. The van der Waals surface area contributed by atoms with Gasteiger partial charge < -0.3 is 5.73 Å². The molecular weight excluding hydrogens is 224 g/mol. The summed E-state index contributed by atoms with van der Waals surface area (Å²) >= 11 is 0. The van der Waals surface area contributed by atoms with Gasteiger partial charge in [0, 0.05) is 30.4 Å². The van der Waals surface area contributed by atoms with Crippen LogP contribution in [0.1, 0.15) is 11.3 Å². The van der Waals surface area contributed by atoms with Crippen LogP contribution in [0.25, 0.3) is 10.9 Å². The summed E-state index contributed by atoms with van der Waals surface area (Å²) in [6, 6.07) is 10.0. The number of nitrogen functional groups attached to an aromatic ring is 1. The summed E-state index contributed by atoms with van der Waals surface area (Å²) in [5.41, 5.74) is 8.77. The molecule has 0 aliphatic heterocycles. The van der Waals surface area contributed by atoms with Crippen LogP contribution in [0, 0.1) is 0 Å². The smallest absolute Gasteiger partial charge is 0.145 e. The van der Waals surface area contributed by atoms with Crippen molar-refractivity contribution in [2.75, 3.05) is 5.73 Å². The van der Waals surface area contributed by atoms with Gasteiger partial charge in [0.1, 0.15) is 5.82 Å². The minimum atomic E-state index is 0.485. The second-order valence-corrected chi connectivity index (χ2v) is 4.05. The molecule has 0 saturated carbocycles. The first-order chi connectivity index (χ1) is 8.84. The second-order valence-electron chi connectivity index (χ2n) is 4.05.